The number of hydrogen-bond acceptors (Lipinski definition) is 5. The lowest BCUT2D eigenvalue weighted by Crippen LogP contribution is -2.48. The first kappa shape index (κ1) is 24.2. The Morgan fingerprint density at radius 3 is 2.21 bits per heavy atom. The molecule has 2 aromatic carbocycles. The van der Waals surface area contributed by atoms with Crippen LogP contribution in [0.5, 0.6) is 0 Å². The van der Waals surface area contributed by atoms with E-state index in [9.17, 15) is 22.4 Å². The summed E-state index contributed by atoms with van der Waals surface area (Å²) >= 11 is 0. The fourth-order valence-electron chi connectivity index (χ4n) is 4.47. The zero-order chi connectivity index (χ0) is 24.3. The number of piperidine rings is 1. The van der Waals surface area contributed by atoms with Gasteiger partial charge >= 0.3 is 0 Å². The number of nitrogens with one attached hydrogen (secondary N) is 1. The molecule has 4 rings (SSSR count). The zero-order valence-electron chi connectivity index (χ0n) is 19.1. The largest absolute Gasteiger partial charge is 0.369 e. The average molecular weight is 489 g/mol. The van der Waals surface area contributed by atoms with Crippen LogP contribution in [0.2, 0.25) is 0 Å². The number of carbonyl (C=O) groups excluding carboxylic acids is 2. The van der Waals surface area contributed by atoms with E-state index in [0.717, 1.165) is 5.69 Å². The highest BCUT2D eigenvalue weighted by molar-refractivity contribution is 7.89. The number of carbonyl (C=O) groups is 2. The van der Waals surface area contributed by atoms with Crippen molar-refractivity contribution in [1.29, 1.82) is 0 Å². The van der Waals surface area contributed by atoms with Crippen LogP contribution in [0.4, 0.5) is 10.1 Å². The summed E-state index contributed by atoms with van der Waals surface area (Å²) in [6.07, 6.45) is 1.34. The van der Waals surface area contributed by atoms with Gasteiger partial charge in [-0.2, -0.15) is 4.31 Å². The van der Waals surface area contributed by atoms with Crippen LogP contribution in [-0.4, -0.2) is 74.7 Å². The molecule has 0 aromatic heterocycles. The van der Waals surface area contributed by atoms with E-state index in [4.69, 9.17) is 0 Å². The van der Waals surface area contributed by atoms with Crippen molar-refractivity contribution >= 4 is 27.5 Å². The number of halogens is 1. The molecular formula is C24H29FN4O4S. The Kier molecular flexibility index (Phi) is 7.18. The van der Waals surface area contributed by atoms with Gasteiger partial charge in [0.2, 0.25) is 15.9 Å². The molecular weight excluding hydrogens is 459 g/mol. The lowest BCUT2D eigenvalue weighted by atomic mass is 10.0. The molecule has 182 valence electrons. The second kappa shape index (κ2) is 10.1. The average Bonchev–Trinajstić information content (AvgIpc) is 2.84. The first-order valence-corrected chi connectivity index (χ1v) is 12.8. The minimum Gasteiger partial charge on any atom is -0.369 e. The molecule has 0 bridgehead atoms. The number of anilines is 1. The molecule has 2 saturated heterocycles. The molecule has 2 aliphatic rings. The molecule has 0 unspecified atom stereocenters. The third-order valence-corrected chi connectivity index (χ3v) is 8.23. The monoisotopic (exact) mass is 488 g/mol. The number of piperazine rings is 1. The highest BCUT2D eigenvalue weighted by Gasteiger charge is 2.30. The predicted octanol–water partition coefficient (Wildman–Crippen LogP) is 2.08. The maximum atomic E-state index is 13.3. The van der Waals surface area contributed by atoms with Crippen molar-refractivity contribution in [3.8, 4) is 0 Å². The summed E-state index contributed by atoms with van der Waals surface area (Å²) in [6.45, 7) is 4.08. The van der Waals surface area contributed by atoms with Crippen molar-refractivity contribution in [2.45, 2.75) is 30.7 Å². The van der Waals surface area contributed by atoms with Crippen LogP contribution in [0, 0.1) is 5.82 Å². The van der Waals surface area contributed by atoms with Crippen LogP contribution in [0.1, 0.15) is 30.1 Å². The molecule has 34 heavy (non-hydrogen) atoms. The first-order valence-electron chi connectivity index (χ1n) is 11.4. The summed E-state index contributed by atoms with van der Waals surface area (Å²) in [5.41, 5.74) is 1.19. The van der Waals surface area contributed by atoms with Crippen LogP contribution in [0.3, 0.4) is 0 Å². The van der Waals surface area contributed by atoms with E-state index in [-0.39, 0.29) is 28.6 Å². The van der Waals surface area contributed by atoms with Gasteiger partial charge in [-0.3, -0.25) is 9.59 Å². The fourth-order valence-corrected chi connectivity index (χ4v) is 5.94. The van der Waals surface area contributed by atoms with Crippen LogP contribution in [-0.2, 0) is 14.8 Å². The fraction of sp³-hybridized carbons (Fsp3) is 0.417. The van der Waals surface area contributed by atoms with Crippen molar-refractivity contribution < 1.29 is 22.4 Å². The van der Waals surface area contributed by atoms with Gasteiger partial charge in [0, 0.05) is 63.5 Å². The molecule has 8 nitrogen and oxygen atoms in total. The summed E-state index contributed by atoms with van der Waals surface area (Å²) in [5, 5.41) is 2.88. The van der Waals surface area contributed by atoms with Gasteiger partial charge in [0.05, 0.1) is 4.90 Å². The van der Waals surface area contributed by atoms with Crippen LogP contribution in [0.15, 0.2) is 53.4 Å². The summed E-state index contributed by atoms with van der Waals surface area (Å²) < 4.78 is 41.1. The summed E-state index contributed by atoms with van der Waals surface area (Å²) in [5.74, 6) is -0.600. The van der Waals surface area contributed by atoms with Crippen LogP contribution >= 0.6 is 0 Å². The van der Waals surface area contributed by atoms with E-state index in [2.05, 4.69) is 5.32 Å². The molecule has 0 spiro atoms. The van der Waals surface area contributed by atoms with Crippen molar-refractivity contribution in [2.75, 3.05) is 44.2 Å². The number of likely N-dealkylation sites (tertiary alicyclic amines) is 1. The number of amides is 2. The molecule has 0 aliphatic carbocycles. The number of sulfonamides is 1. The minimum atomic E-state index is -3.75. The summed E-state index contributed by atoms with van der Waals surface area (Å²) in [6, 6.07) is 12.4. The zero-order valence-corrected chi connectivity index (χ0v) is 19.9. The van der Waals surface area contributed by atoms with Crippen LogP contribution in [0.25, 0.3) is 0 Å². The van der Waals surface area contributed by atoms with Gasteiger partial charge in [0.25, 0.3) is 5.91 Å². The number of benzene rings is 2. The minimum absolute atomic E-state index is 0.0573. The highest BCUT2D eigenvalue weighted by atomic mass is 32.2. The Hall–Kier alpha value is -2.98. The van der Waals surface area contributed by atoms with Gasteiger partial charge < -0.3 is 15.1 Å². The quantitative estimate of drug-likeness (QED) is 0.696. The van der Waals surface area contributed by atoms with Crippen LogP contribution < -0.4 is 10.2 Å². The maximum absolute atomic E-state index is 13.3. The topological polar surface area (TPSA) is 90.0 Å². The smallest absolute Gasteiger partial charge is 0.253 e. The maximum Gasteiger partial charge on any atom is 0.253 e. The lowest BCUT2D eigenvalue weighted by Gasteiger charge is -2.35. The first-order chi connectivity index (χ1) is 16.2. The number of rotatable bonds is 5. The highest BCUT2D eigenvalue weighted by Crippen LogP contribution is 2.23. The Balaban J connectivity index is 1.40. The van der Waals surface area contributed by atoms with Gasteiger partial charge in [0.15, 0.2) is 0 Å². The van der Waals surface area contributed by atoms with Gasteiger partial charge in [-0.15, -0.1) is 0 Å². The second-order valence-electron chi connectivity index (χ2n) is 8.66. The summed E-state index contributed by atoms with van der Waals surface area (Å²) in [4.78, 5) is 28.1. The van der Waals surface area contributed by atoms with Gasteiger partial charge in [0.1, 0.15) is 5.82 Å². The molecule has 0 saturated carbocycles. The Morgan fingerprint density at radius 2 is 1.59 bits per heavy atom. The molecule has 0 atom stereocenters. The normalized spacial score (nSPS) is 18.1. The van der Waals surface area contributed by atoms with Gasteiger partial charge in [-0.05, 0) is 55.3 Å². The Morgan fingerprint density at radius 1 is 0.941 bits per heavy atom. The molecule has 1 N–H and O–H groups in total. The van der Waals surface area contributed by atoms with Crippen molar-refractivity contribution in [3.05, 3.63) is 59.9 Å². The molecule has 2 fully saturated rings. The van der Waals surface area contributed by atoms with E-state index in [1.165, 1.54) is 35.5 Å². The number of hydrogen-bond donors (Lipinski definition) is 1. The molecule has 10 heteroatoms. The van der Waals surface area contributed by atoms with Crippen molar-refractivity contribution in [3.63, 3.8) is 0 Å². The van der Waals surface area contributed by atoms with E-state index >= 15 is 0 Å². The van der Waals surface area contributed by atoms with Gasteiger partial charge in [-0.1, -0.05) is 6.07 Å². The van der Waals surface area contributed by atoms with Crippen molar-refractivity contribution in [2.24, 2.45) is 0 Å². The second-order valence-corrected chi connectivity index (χ2v) is 10.6. The molecule has 0 radical (unpaired) electrons. The third kappa shape index (κ3) is 5.39. The predicted molar refractivity (Wildman–Crippen MR) is 127 cm³/mol. The van der Waals surface area contributed by atoms with Crippen molar-refractivity contribution in [1.82, 2.24) is 14.5 Å². The molecule has 2 aromatic rings. The summed E-state index contributed by atoms with van der Waals surface area (Å²) in [7, 11) is -3.75. The number of nitrogens with zero attached hydrogens (tertiary/aromatic N) is 3. The molecule has 2 aliphatic heterocycles. The van der Waals surface area contributed by atoms with E-state index in [0.29, 0.717) is 57.7 Å². The van der Waals surface area contributed by atoms with E-state index < -0.39 is 10.0 Å². The lowest BCUT2D eigenvalue weighted by molar-refractivity contribution is -0.119. The SMILES string of the molecule is CC(=O)NC1CCN(C(=O)c2cccc(S(=O)(=O)N3CCN(c4ccc(F)cc4)CC3)c2)CC1. The van der Waals surface area contributed by atoms with Gasteiger partial charge in [-0.25, -0.2) is 12.8 Å². The Bertz CT molecular complexity index is 1140. The standard InChI is InChI=1S/C24H29FN4O4S/c1-18(30)26-21-9-11-28(12-10-21)24(31)19-3-2-4-23(17-19)34(32,33)29-15-13-27(14-16-29)22-7-5-20(25)6-8-22/h2-8,17,21H,9-16H2,1H3,(H,26,30). The van der Waals surface area contributed by atoms with E-state index in [1.807, 2.05) is 4.90 Å². The Labute approximate surface area is 199 Å². The van der Waals surface area contributed by atoms with E-state index in [1.54, 1.807) is 29.2 Å². The molecule has 2 amide bonds. The third-order valence-electron chi connectivity index (χ3n) is 6.34. The molecule has 2 heterocycles.